The molecule has 0 fully saturated rings. The smallest absolute Gasteiger partial charge is 0.283 e. The number of hydrogen-bond acceptors (Lipinski definition) is 4. The summed E-state index contributed by atoms with van der Waals surface area (Å²) in [6.07, 6.45) is 3.68. The fourth-order valence-corrected chi connectivity index (χ4v) is 2.26. The summed E-state index contributed by atoms with van der Waals surface area (Å²) in [5, 5.41) is 13.9. The van der Waals surface area contributed by atoms with Crippen molar-refractivity contribution in [1.29, 1.82) is 0 Å². The largest absolute Gasteiger partial charge is 0.378 e. The highest BCUT2D eigenvalue weighted by molar-refractivity contribution is 9.10. The Morgan fingerprint density at radius 2 is 2.32 bits per heavy atom. The predicted octanol–water partition coefficient (Wildman–Crippen LogP) is 3.19. The van der Waals surface area contributed by atoms with Crippen LogP contribution in [0, 0.1) is 10.1 Å². The van der Waals surface area contributed by atoms with Crippen LogP contribution in [0.5, 0.6) is 0 Å². The van der Waals surface area contributed by atoms with E-state index in [1.54, 1.807) is 18.3 Å². The van der Waals surface area contributed by atoms with Crippen LogP contribution in [-0.2, 0) is 13.1 Å². The molecule has 1 heterocycles. The van der Waals surface area contributed by atoms with E-state index in [-0.39, 0.29) is 5.69 Å². The number of halogens is 1. The molecule has 0 bridgehead atoms. The Kier molecular flexibility index (Phi) is 4.16. The van der Waals surface area contributed by atoms with Gasteiger partial charge in [0.15, 0.2) is 0 Å². The molecule has 7 heteroatoms. The van der Waals surface area contributed by atoms with Crippen LogP contribution in [0.2, 0.25) is 0 Å². The van der Waals surface area contributed by atoms with Crippen molar-refractivity contribution in [3.8, 4) is 0 Å². The van der Waals surface area contributed by atoms with Crippen LogP contribution in [0.25, 0.3) is 0 Å². The monoisotopic (exact) mass is 324 g/mol. The molecular weight excluding hydrogens is 312 g/mol. The fourth-order valence-electron chi connectivity index (χ4n) is 1.74. The van der Waals surface area contributed by atoms with Gasteiger partial charge in [0.2, 0.25) is 0 Å². The summed E-state index contributed by atoms with van der Waals surface area (Å²) in [7, 11) is 0. The number of nitrogens with zero attached hydrogens (tertiary/aromatic N) is 3. The van der Waals surface area contributed by atoms with Crippen LogP contribution >= 0.6 is 15.9 Å². The van der Waals surface area contributed by atoms with Crippen LogP contribution < -0.4 is 5.32 Å². The van der Waals surface area contributed by atoms with E-state index in [1.165, 1.54) is 6.07 Å². The molecule has 0 aliphatic carbocycles. The third kappa shape index (κ3) is 3.11. The summed E-state index contributed by atoms with van der Waals surface area (Å²) in [6, 6.07) is 4.85. The van der Waals surface area contributed by atoms with Crippen LogP contribution in [0.1, 0.15) is 12.7 Å². The Bertz CT molecular complexity index is 597. The van der Waals surface area contributed by atoms with Gasteiger partial charge in [-0.2, -0.15) is 0 Å². The second kappa shape index (κ2) is 5.83. The van der Waals surface area contributed by atoms with Gasteiger partial charge in [-0.3, -0.25) is 10.1 Å². The van der Waals surface area contributed by atoms with E-state index in [0.717, 1.165) is 18.1 Å². The number of nitrogens with one attached hydrogen (secondary N) is 1. The highest BCUT2D eigenvalue weighted by Crippen LogP contribution is 2.27. The number of nitro groups is 1. The molecule has 0 aliphatic rings. The molecule has 0 saturated carbocycles. The number of aryl methyl sites for hydroxylation is 1. The minimum absolute atomic E-state index is 0.0561. The molecule has 6 nitrogen and oxygen atoms in total. The molecular formula is C12H13BrN4O2. The van der Waals surface area contributed by atoms with Crippen molar-refractivity contribution < 1.29 is 4.92 Å². The summed E-state index contributed by atoms with van der Waals surface area (Å²) in [6.45, 7) is 3.49. The van der Waals surface area contributed by atoms with Crippen LogP contribution in [0.4, 0.5) is 11.4 Å². The number of nitro benzene ring substituents is 1. The number of anilines is 1. The minimum atomic E-state index is -0.419. The molecule has 1 aromatic carbocycles. The van der Waals surface area contributed by atoms with E-state index >= 15 is 0 Å². The quantitative estimate of drug-likeness (QED) is 0.677. The number of hydrogen-bond donors (Lipinski definition) is 1. The first-order chi connectivity index (χ1) is 9.11. The van der Waals surface area contributed by atoms with Crippen LogP contribution in [0.3, 0.4) is 0 Å². The van der Waals surface area contributed by atoms with Gasteiger partial charge < -0.3 is 9.88 Å². The molecule has 19 heavy (non-hydrogen) atoms. The van der Waals surface area contributed by atoms with E-state index in [1.807, 2.05) is 17.7 Å². The molecule has 1 aromatic heterocycles. The van der Waals surface area contributed by atoms with E-state index in [9.17, 15) is 10.1 Å². The topological polar surface area (TPSA) is 73.0 Å². The van der Waals surface area contributed by atoms with Gasteiger partial charge in [-0.25, -0.2) is 4.98 Å². The number of rotatable bonds is 5. The summed E-state index contributed by atoms with van der Waals surface area (Å²) in [5.41, 5.74) is 0.865. The van der Waals surface area contributed by atoms with Crippen LogP contribution in [-0.4, -0.2) is 14.5 Å². The lowest BCUT2D eigenvalue weighted by molar-refractivity contribution is -0.385. The zero-order valence-electron chi connectivity index (χ0n) is 10.3. The molecule has 0 atom stereocenters. The molecule has 0 amide bonds. The molecule has 0 aliphatic heterocycles. The van der Waals surface area contributed by atoms with Gasteiger partial charge in [0.1, 0.15) is 5.82 Å². The third-order valence-electron chi connectivity index (χ3n) is 2.74. The van der Waals surface area contributed by atoms with Crippen LogP contribution in [0.15, 0.2) is 35.1 Å². The van der Waals surface area contributed by atoms with Crippen molar-refractivity contribution in [3.63, 3.8) is 0 Å². The number of aromatic nitrogens is 2. The molecule has 2 rings (SSSR count). The Labute approximate surface area is 118 Å². The van der Waals surface area contributed by atoms with E-state index in [0.29, 0.717) is 11.0 Å². The Morgan fingerprint density at radius 1 is 1.53 bits per heavy atom. The summed E-state index contributed by atoms with van der Waals surface area (Å²) in [4.78, 5) is 14.5. The van der Waals surface area contributed by atoms with Crippen molar-refractivity contribution in [2.24, 2.45) is 0 Å². The molecule has 0 unspecified atom stereocenters. The summed E-state index contributed by atoms with van der Waals surface area (Å²) in [5.74, 6) is 0.928. The zero-order chi connectivity index (χ0) is 13.8. The van der Waals surface area contributed by atoms with E-state index in [2.05, 4.69) is 26.2 Å². The van der Waals surface area contributed by atoms with Gasteiger partial charge in [-0.15, -0.1) is 0 Å². The highest BCUT2D eigenvalue weighted by Gasteiger charge is 2.11. The van der Waals surface area contributed by atoms with Crippen molar-refractivity contribution in [2.45, 2.75) is 20.0 Å². The minimum Gasteiger partial charge on any atom is -0.378 e. The van der Waals surface area contributed by atoms with Crippen molar-refractivity contribution >= 4 is 27.3 Å². The molecule has 0 saturated heterocycles. The lowest BCUT2D eigenvalue weighted by atomic mass is 10.3. The number of benzene rings is 1. The second-order valence-electron chi connectivity index (χ2n) is 3.91. The highest BCUT2D eigenvalue weighted by atomic mass is 79.9. The lowest BCUT2D eigenvalue weighted by Gasteiger charge is -2.08. The van der Waals surface area contributed by atoms with Gasteiger partial charge in [-0.05, 0) is 35.0 Å². The molecule has 100 valence electrons. The Hall–Kier alpha value is -1.89. The van der Waals surface area contributed by atoms with E-state index in [4.69, 9.17) is 0 Å². The van der Waals surface area contributed by atoms with Crippen molar-refractivity contribution in [1.82, 2.24) is 9.55 Å². The average molecular weight is 325 g/mol. The van der Waals surface area contributed by atoms with Gasteiger partial charge in [-0.1, -0.05) is 0 Å². The lowest BCUT2D eigenvalue weighted by Crippen LogP contribution is -2.07. The van der Waals surface area contributed by atoms with E-state index < -0.39 is 4.92 Å². The number of imidazole rings is 1. The van der Waals surface area contributed by atoms with Crippen molar-refractivity contribution in [2.75, 3.05) is 5.32 Å². The maximum absolute atomic E-state index is 10.7. The SMILES string of the molecule is CCn1ccnc1CNc1ccc([N+](=O)[O-])c(Br)c1. The molecule has 0 spiro atoms. The standard InChI is InChI=1S/C12H13BrN4O2/c1-2-16-6-5-14-12(16)8-15-9-3-4-11(17(18)19)10(13)7-9/h3-7,15H,2,8H2,1H3. The fraction of sp³-hybridized carbons (Fsp3) is 0.250. The first kappa shape index (κ1) is 13.5. The molecule has 1 N–H and O–H groups in total. The van der Waals surface area contributed by atoms with Gasteiger partial charge in [0.25, 0.3) is 5.69 Å². The maximum atomic E-state index is 10.7. The Morgan fingerprint density at radius 3 is 2.95 bits per heavy atom. The van der Waals surface area contributed by atoms with Gasteiger partial charge in [0.05, 0.1) is 15.9 Å². The zero-order valence-corrected chi connectivity index (χ0v) is 11.9. The van der Waals surface area contributed by atoms with Gasteiger partial charge >= 0.3 is 0 Å². The van der Waals surface area contributed by atoms with Gasteiger partial charge in [0, 0.05) is 30.7 Å². The average Bonchev–Trinajstić information content (AvgIpc) is 2.83. The maximum Gasteiger partial charge on any atom is 0.283 e. The first-order valence-corrected chi connectivity index (χ1v) is 6.59. The second-order valence-corrected chi connectivity index (χ2v) is 4.76. The third-order valence-corrected chi connectivity index (χ3v) is 3.37. The first-order valence-electron chi connectivity index (χ1n) is 5.79. The normalized spacial score (nSPS) is 10.4. The molecule has 0 radical (unpaired) electrons. The molecule has 2 aromatic rings. The summed E-state index contributed by atoms with van der Waals surface area (Å²) >= 11 is 3.19. The van der Waals surface area contributed by atoms with Crippen molar-refractivity contribution in [3.05, 3.63) is 51.0 Å². The predicted molar refractivity (Wildman–Crippen MR) is 76.0 cm³/mol. The Balaban J connectivity index is 2.08. The summed E-state index contributed by atoms with van der Waals surface area (Å²) < 4.78 is 2.49.